The standard InChI is InChI=1S/C12H19NO2.C7H12O2.CH2Cl2/c1-4-5-6-12(15-3)10-9-13(2)8-7-11(10)14;1-4-5-6-7(8-2)9-3;2-1-3/h1,10,12H,5-9H2,2-3H3;1,7H,5-6H2,2-3H3;1H2. The third-order valence-corrected chi connectivity index (χ3v) is 4.04. The summed E-state index contributed by atoms with van der Waals surface area (Å²) in [6.07, 6.45) is 13.6. The molecule has 0 amide bonds. The molecule has 156 valence electrons. The number of ether oxygens (including phenoxy) is 3. The van der Waals surface area contributed by atoms with Crippen molar-refractivity contribution in [1.82, 2.24) is 4.90 Å². The van der Waals surface area contributed by atoms with E-state index in [0.717, 1.165) is 25.9 Å². The van der Waals surface area contributed by atoms with Crippen LogP contribution in [0.1, 0.15) is 32.1 Å². The molecule has 0 N–H and O–H groups in total. The maximum absolute atomic E-state index is 11.7. The maximum Gasteiger partial charge on any atom is 0.157 e. The number of methoxy groups -OCH3 is 3. The lowest BCUT2D eigenvalue weighted by molar-refractivity contribution is -0.131. The van der Waals surface area contributed by atoms with E-state index in [1.165, 1.54) is 0 Å². The van der Waals surface area contributed by atoms with Crippen molar-refractivity contribution in [2.24, 2.45) is 5.92 Å². The smallest absolute Gasteiger partial charge is 0.157 e. The molecule has 0 aromatic carbocycles. The number of alkyl halides is 2. The second-order valence-corrected chi connectivity index (χ2v) is 6.65. The summed E-state index contributed by atoms with van der Waals surface area (Å²) in [5, 5.41) is 0.194. The zero-order valence-electron chi connectivity index (χ0n) is 16.9. The molecule has 0 spiro atoms. The number of hydrogen-bond acceptors (Lipinski definition) is 5. The van der Waals surface area contributed by atoms with Gasteiger partial charge in [-0.3, -0.25) is 4.79 Å². The molecule has 0 aromatic rings. The van der Waals surface area contributed by atoms with Crippen LogP contribution >= 0.6 is 23.2 Å². The Balaban J connectivity index is 0. The van der Waals surface area contributed by atoms with Gasteiger partial charge in [0.05, 0.1) is 17.4 Å². The minimum absolute atomic E-state index is 0.00194. The molecule has 1 heterocycles. The van der Waals surface area contributed by atoms with Crippen molar-refractivity contribution in [2.45, 2.75) is 44.5 Å². The molecule has 1 aliphatic heterocycles. The van der Waals surface area contributed by atoms with E-state index < -0.39 is 0 Å². The summed E-state index contributed by atoms with van der Waals surface area (Å²) in [7, 11) is 6.89. The van der Waals surface area contributed by atoms with Gasteiger partial charge in [-0.15, -0.1) is 47.9 Å². The first-order valence-electron chi connectivity index (χ1n) is 8.73. The minimum Gasteiger partial charge on any atom is -0.381 e. The van der Waals surface area contributed by atoms with E-state index in [1.54, 1.807) is 21.3 Å². The van der Waals surface area contributed by atoms with Crippen LogP contribution in [0.2, 0.25) is 0 Å². The predicted octanol–water partition coefficient (Wildman–Crippen LogP) is 3.38. The summed E-state index contributed by atoms with van der Waals surface area (Å²) in [5.41, 5.74) is 0. The Hall–Kier alpha value is -0.790. The normalized spacial score (nSPS) is 17.7. The number of halogens is 2. The van der Waals surface area contributed by atoms with E-state index in [9.17, 15) is 4.79 Å². The topological polar surface area (TPSA) is 48.0 Å². The van der Waals surface area contributed by atoms with E-state index in [4.69, 9.17) is 50.3 Å². The van der Waals surface area contributed by atoms with Gasteiger partial charge in [-0.25, -0.2) is 0 Å². The Morgan fingerprint density at radius 3 is 2.07 bits per heavy atom. The molecule has 1 rings (SSSR count). The lowest BCUT2D eigenvalue weighted by Gasteiger charge is -2.33. The van der Waals surface area contributed by atoms with Crippen molar-refractivity contribution in [3.05, 3.63) is 0 Å². The summed E-state index contributed by atoms with van der Waals surface area (Å²) >= 11 is 9.53. The van der Waals surface area contributed by atoms with Crippen molar-refractivity contribution in [2.75, 3.05) is 46.8 Å². The highest BCUT2D eigenvalue weighted by atomic mass is 35.5. The van der Waals surface area contributed by atoms with Crippen LogP contribution < -0.4 is 0 Å². The van der Waals surface area contributed by atoms with Crippen molar-refractivity contribution in [1.29, 1.82) is 0 Å². The number of carbonyl (C=O) groups is 1. The van der Waals surface area contributed by atoms with Gasteiger partial charge in [0.1, 0.15) is 5.78 Å². The minimum atomic E-state index is -0.138. The molecule has 5 nitrogen and oxygen atoms in total. The highest BCUT2D eigenvalue weighted by Crippen LogP contribution is 2.20. The number of piperidine rings is 1. The molecular formula is C20H33Cl2NO4. The van der Waals surface area contributed by atoms with Crippen LogP contribution in [0.3, 0.4) is 0 Å². The van der Waals surface area contributed by atoms with Crippen molar-refractivity contribution >= 4 is 29.0 Å². The molecule has 0 aliphatic carbocycles. The SMILES string of the molecule is C#CCCC(OC)C1CN(C)CCC1=O.C#CCCC(OC)OC.ClCCl. The van der Waals surface area contributed by atoms with Crippen molar-refractivity contribution in [3.8, 4) is 24.7 Å². The number of hydrogen-bond donors (Lipinski definition) is 0. The number of terminal acetylenes is 2. The number of ketones is 1. The van der Waals surface area contributed by atoms with E-state index in [1.807, 2.05) is 7.05 Å². The zero-order chi connectivity index (χ0) is 21.1. The summed E-state index contributed by atoms with van der Waals surface area (Å²) < 4.78 is 15.1. The number of likely N-dealkylation sites (tertiary alicyclic amines) is 1. The lowest BCUT2D eigenvalue weighted by Crippen LogP contribution is -2.44. The Morgan fingerprint density at radius 2 is 1.63 bits per heavy atom. The fraction of sp³-hybridized carbons (Fsp3) is 0.750. The van der Waals surface area contributed by atoms with Gasteiger partial charge < -0.3 is 19.1 Å². The average Bonchev–Trinajstić information content (AvgIpc) is 2.67. The van der Waals surface area contributed by atoms with Crippen LogP contribution in [0.4, 0.5) is 0 Å². The fourth-order valence-electron chi connectivity index (χ4n) is 2.58. The fourth-order valence-corrected chi connectivity index (χ4v) is 2.58. The molecule has 2 atom stereocenters. The number of carbonyl (C=O) groups excluding carboxylic acids is 1. The highest BCUT2D eigenvalue weighted by molar-refractivity contribution is 6.40. The molecule has 0 aromatic heterocycles. The molecule has 1 fully saturated rings. The van der Waals surface area contributed by atoms with Crippen LogP contribution in [0, 0.1) is 30.6 Å². The van der Waals surface area contributed by atoms with E-state index in [-0.39, 0.29) is 23.7 Å². The number of rotatable bonds is 8. The number of nitrogens with zero attached hydrogens (tertiary/aromatic N) is 1. The van der Waals surface area contributed by atoms with Crippen LogP contribution in [0.15, 0.2) is 0 Å². The second-order valence-electron chi connectivity index (χ2n) is 5.85. The molecular weight excluding hydrogens is 389 g/mol. The summed E-state index contributed by atoms with van der Waals surface area (Å²) in [6, 6.07) is 0. The molecule has 27 heavy (non-hydrogen) atoms. The van der Waals surface area contributed by atoms with Crippen LogP contribution in [-0.2, 0) is 19.0 Å². The lowest BCUT2D eigenvalue weighted by atomic mass is 9.89. The Bertz CT molecular complexity index is 444. The second kappa shape index (κ2) is 20.0. The van der Waals surface area contributed by atoms with Gasteiger partial charge in [0, 0.05) is 60.1 Å². The molecule has 1 saturated heterocycles. The third kappa shape index (κ3) is 14.9. The Kier molecular flexibility index (Phi) is 21.0. The van der Waals surface area contributed by atoms with Gasteiger partial charge in [0.25, 0.3) is 0 Å². The van der Waals surface area contributed by atoms with E-state index in [2.05, 4.69) is 16.7 Å². The van der Waals surface area contributed by atoms with Crippen LogP contribution in [-0.4, -0.2) is 69.9 Å². The van der Waals surface area contributed by atoms with Gasteiger partial charge in [-0.1, -0.05) is 0 Å². The van der Waals surface area contributed by atoms with Crippen LogP contribution in [0.5, 0.6) is 0 Å². The average molecular weight is 422 g/mol. The van der Waals surface area contributed by atoms with E-state index >= 15 is 0 Å². The molecule has 2 unspecified atom stereocenters. The summed E-state index contributed by atoms with van der Waals surface area (Å²) in [6.45, 7) is 1.66. The Morgan fingerprint density at radius 1 is 1.11 bits per heavy atom. The molecule has 0 bridgehead atoms. The molecule has 7 heteroatoms. The quantitative estimate of drug-likeness (QED) is 0.341. The Labute approximate surface area is 175 Å². The third-order valence-electron chi connectivity index (χ3n) is 4.04. The van der Waals surface area contributed by atoms with Gasteiger partial charge in [-0.2, -0.15) is 0 Å². The van der Waals surface area contributed by atoms with Gasteiger partial charge in [0.15, 0.2) is 6.29 Å². The predicted molar refractivity (Wildman–Crippen MR) is 112 cm³/mol. The molecule has 0 saturated carbocycles. The first kappa shape index (κ1) is 28.4. The zero-order valence-corrected chi connectivity index (χ0v) is 18.4. The maximum atomic E-state index is 11.7. The largest absolute Gasteiger partial charge is 0.381 e. The van der Waals surface area contributed by atoms with Gasteiger partial charge in [0.2, 0.25) is 0 Å². The number of Topliss-reactive ketones (excluding diaryl/α,β-unsaturated/α-hetero) is 1. The molecule has 0 radical (unpaired) electrons. The van der Waals surface area contributed by atoms with Crippen LogP contribution in [0.25, 0.3) is 0 Å². The van der Waals surface area contributed by atoms with Gasteiger partial charge >= 0.3 is 0 Å². The first-order chi connectivity index (χ1) is 12.9. The summed E-state index contributed by atoms with van der Waals surface area (Å²) in [5.74, 6) is 5.42. The van der Waals surface area contributed by atoms with Crippen molar-refractivity contribution < 1.29 is 19.0 Å². The highest BCUT2D eigenvalue weighted by Gasteiger charge is 2.31. The summed E-state index contributed by atoms with van der Waals surface area (Å²) in [4.78, 5) is 13.9. The van der Waals surface area contributed by atoms with Gasteiger partial charge in [-0.05, 0) is 13.5 Å². The monoisotopic (exact) mass is 421 g/mol. The first-order valence-corrected chi connectivity index (χ1v) is 9.80. The molecule has 1 aliphatic rings. The van der Waals surface area contributed by atoms with E-state index in [0.29, 0.717) is 25.0 Å². The van der Waals surface area contributed by atoms with Crippen molar-refractivity contribution in [3.63, 3.8) is 0 Å².